The Morgan fingerprint density at radius 1 is 1.75 bits per heavy atom. The summed E-state index contributed by atoms with van der Waals surface area (Å²) in [6, 6.07) is 1.02. The molecule has 0 N–H and O–H groups in total. The molecule has 0 fully saturated rings. The minimum absolute atomic E-state index is 0.219. The lowest BCUT2D eigenvalue weighted by Gasteiger charge is -1.83. The molecule has 0 aliphatic carbocycles. The molecule has 0 spiro atoms. The monoisotopic (exact) mass is 131 g/mol. The third kappa shape index (κ3) is 0.924. The molecule has 0 aliphatic rings. The SMILES string of the molecule is Fc1c[c]nnc1Cl. The molecule has 0 aliphatic heterocycles. The third-order valence-corrected chi connectivity index (χ3v) is 0.840. The van der Waals surface area contributed by atoms with E-state index in [4.69, 9.17) is 11.6 Å². The van der Waals surface area contributed by atoms with Gasteiger partial charge >= 0.3 is 0 Å². The molecule has 0 aromatic carbocycles. The summed E-state index contributed by atoms with van der Waals surface area (Å²) in [6.45, 7) is 0. The number of hydrogen-bond acceptors (Lipinski definition) is 2. The molecule has 1 radical (unpaired) electrons. The molecule has 0 atom stereocenters. The van der Waals surface area contributed by atoms with E-state index in [2.05, 4.69) is 16.4 Å². The average molecular weight is 132 g/mol. The second kappa shape index (κ2) is 2.05. The Morgan fingerprint density at radius 3 is 2.88 bits per heavy atom. The van der Waals surface area contributed by atoms with Crippen LogP contribution in [0.3, 0.4) is 0 Å². The van der Waals surface area contributed by atoms with E-state index in [1.165, 1.54) is 0 Å². The van der Waals surface area contributed by atoms with Crippen molar-refractivity contribution in [1.82, 2.24) is 10.2 Å². The van der Waals surface area contributed by atoms with Crippen molar-refractivity contribution >= 4 is 11.6 Å². The fraction of sp³-hybridized carbons (Fsp3) is 0. The van der Waals surface area contributed by atoms with Gasteiger partial charge in [0.1, 0.15) is 6.20 Å². The molecule has 1 rings (SSSR count). The van der Waals surface area contributed by atoms with Crippen molar-refractivity contribution in [2.45, 2.75) is 0 Å². The number of nitrogens with zero attached hydrogens (tertiary/aromatic N) is 2. The largest absolute Gasteiger partial charge is 0.203 e. The van der Waals surface area contributed by atoms with Crippen LogP contribution in [0.4, 0.5) is 4.39 Å². The van der Waals surface area contributed by atoms with E-state index in [0.717, 1.165) is 6.07 Å². The van der Waals surface area contributed by atoms with Crippen LogP contribution >= 0.6 is 11.6 Å². The van der Waals surface area contributed by atoms with Gasteiger partial charge in [-0.25, -0.2) is 4.39 Å². The van der Waals surface area contributed by atoms with Gasteiger partial charge in [0, 0.05) is 6.07 Å². The second-order valence-corrected chi connectivity index (χ2v) is 1.47. The fourth-order valence-corrected chi connectivity index (χ4v) is 0.358. The van der Waals surface area contributed by atoms with Crippen molar-refractivity contribution in [3.05, 3.63) is 23.2 Å². The second-order valence-electron chi connectivity index (χ2n) is 1.11. The number of aromatic nitrogens is 2. The topological polar surface area (TPSA) is 25.8 Å². The first kappa shape index (κ1) is 5.44. The van der Waals surface area contributed by atoms with E-state index in [-0.39, 0.29) is 5.15 Å². The van der Waals surface area contributed by atoms with Crippen molar-refractivity contribution in [3.8, 4) is 0 Å². The number of hydrogen-bond donors (Lipinski definition) is 0. The van der Waals surface area contributed by atoms with E-state index >= 15 is 0 Å². The summed E-state index contributed by atoms with van der Waals surface area (Å²) < 4.78 is 12.1. The Bertz CT molecular complexity index is 170. The number of rotatable bonds is 0. The minimum atomic E-state index is -0.596. The van der Waals surface area contributed by atoms with E-state index in [0.29, 0.717) is 0 Å². The summed E-state index contributed by atoms with van der Waals surface area (Å²) >= 11 is 5.14. The Hall–Kier alpha value is -0.700. The summed E-state index contributed by atoms with van der Waals surface area (Å²) in [7, 11) is 0. The van der Waals surface area contributed by atoms with Gasteiger partial charge in [-0.05, 0) is 0 Å². The molecule has 0 unspecified atom stereocenters. The number of halogens is 2. The van der Waals surface area contributed by atoms with Crippen LogP contribution in [0.5, 0.6) is 0 Å². The molecular formula is C4HClFN2. The van der Waals surface area contributed by atoms with Crippen LogP contribution in [0.25, 0.3) is 0 Å². The highest BCUT2D eigenvalue weighted by molar-refractivity contribution is 6.29. The molecule has 1 heterocycles. The van der Waals surface area contributed by atoms with Gasteiger partial charge in [0.05, 0.1) is 0 Å². The normalized spacial score (nSPS) is 9.25. The van der Waals surface area contributed by atoms with Crippen LogP contribution in [0.1, 0.15) is 0 Å². The van der Waals surface area contributed by atoms with Gasteiger partial charge in [-0.2, -0.15) is 0 Å². The van der Waals surface area contributed by atoms with Gasteiger partial charge in [-0.15, -0.1) is 10.2 Å². The van der Waals surface area contributed by atoms with E-state index in [9.17, 15) is 4.39 Å². The Morgan fingerprint density at radius 2 is 2.50 bits per heavy atom. The van der Waals surface area contributed by atoms with Crippen molar-refractivity contribution in [2.75, 3.05) is 0 Å². The standard InChI is InChI=1S/C4HClFN2/c5-4-3(6)1-2-7-8-4/h1H. The highest BCUT2D eigenvalue weighted by Gasteiger charge is 1.95. The zero-order valence-electron chi connectivity index (χ0n) is 3.73. The van der Waals surface area contributed by atoms with E-state index in [1.807, 2.05) is 0 Å². The quantitative estimate of drug-likeness (QED) is 0.526. The first-order chi connectivity index (χ1) is 3.80. The van der Waals surface area contributed by atoms with Crippen LogP contribution in [-0.4, -0.2) is 10.2 Å². The molecule has 41 valence electrons. The lowest BCUT2D eigenvalue weighted by molar-refractivity contribution is 0.615. The highest BCUT2D eigenvalue weighted by atomic mass is 35.5. The predicted octanol–water partition coefficient (Wildman–Crippen LogP) is 1.07. The van der Waals surface area contributed by atoms with E-state index in [1.54, 1.807) is 0 Å². The highest BCUT2D eigenvalue weighted by Crippen LogP contribution is 2.05. The van der Waals surface area contributed by atoms with Gasteiger partial charge in [-0.1, -0.05) is 11.6 Å². The van der Waals surface area contributed by atoms with Gasteiger partial charge in [0.15, 0.2) is 11.0 Å². The van der Waals surface area contributed by atoms with E-state index < -0.39 is 5.82 Å². The van der Waals surface area contributed by atoms with Crippen LogP contribution in [0.2, 0.25) is 5.15 Å². The molecule has 1 aromatic rings. The zero-order chi connectivity index (χ0) is 5.98. The smallest absolute Gasteiger partial charge is 0.187 e. The fourth-order valence-electron chi connectivity index (χ4n) is 0.266. The molecule has 0 saturated carbocycles. The van der Waals surface area contributed by atoms with Crippen molar-refractivity contribution in [1.29, 1.82) is 0 Å². The molecular weight excluding hydrogens is 131 g/mol. The van der Waals surface area contributed by atoms with Gasteiger partial charge in [-0.3, -0.25) is 0 Å². The summed E-state index contributed by atoms with van der Waals surface area (Å²) in [5.41, 5.74) is 0. The molecule has 0 saturated heterocycles. The van der Waals surface area contributed by atoms with Gasteiger partial charge < -0.3 is 0 Å². The molecule has 0 amide bonds. The Labute approximate surface area is 50.3 Å². The zero-order valence-corrected chi connectivity index (χ0v) is 4.48. The molecule has 4 heteroatoms. The summed E-state index contributed by atoms with van der Waals surface area (Å²) in [5, 5.41) is 6.14. The van der Waals surface area contributed by atoms with Crippen LogP contribution in [0.15, 0.2) is 6.07 Å². The maximum atomic E-state index is 12.1. The Kier molecular flexibility index (Phi) is 1.39. The minimum Gasteiger partial charge on any atom is -0.203 e. The predicted molar refractivity (Wildman–Crippen MR) is 25.8 cm³/mol. The van der Waals surface area contributed by atoms with Gasteiger partial charge in [0.2, 0.25) is 0 Å². The first-order valence-corrected chi connectivity index (χ1v) is 2.23. The maximum absolute atomic E-state index is 12.1. The molecule has 0 bridgehead atoms. The van der Waals surface area contributed by atoms with Crippen LogP contribution < -0.4 is 0 Å². The van der Waals surface area contributed by atoms with Crippen LogP contribution in [-0.2, 0) is 0 Å². The summed E-state index contributed by atoms with van der Waals surface area (Å²) in [4.78, 5) is 0. The molecule has 8 heavy (non-hydrogen) atoms. The lowest BCUT2D eigenvalue weighted by atomic mass is 10.6. The first-order valence-electron chi connectivity index (χ1n) is 1.85. The summed E-state index contributed by atoms with van der Waals surface area (Å²) in [5.74, 6) is -0.596. The van der Waals surface area contributed by atoms with Gasteiger partial charge in [0.25, 0.3) is 0 Å². The summed E-state index contributed by atoms with van der Waals surface area (Å²) in [6.07, 6.45) is 2.18. The lowest BCUT2D eigenvalue weighted by Crippen LogP contribution is -1.83. The van der Waals surface area contributed by atoms with Crippen molar-refractivity contribution < 1.29 is 4.39 Å². The third-order valence-electron chi connectivity index (χ3n) is 0.584. The van der Waals surface area contributed by atoms with Crippen LogP contribution in [0, 0.1) is 12.0 Å². The average Bonchev–Trinajstić information content (AvgIpc) is 1.77. The molecule has 1 aromatic heterocycles. The Balaban J connectivity index is 3.13. The molecule has 2 nitrogen and oxygen atoms in total. The maximum Gasteiger partial charge on any atom is 0.187 e. The van der Waals surface area contributed by atoms with Crippen molar-refractivity contribution in [2.24, 2.45) is 0 Å². The van der Waals surface area contributed by atoms with Crippen molar-refractivity contribution in [3.63, 3.8) is 0 Å².